The molecule has 114 valence electrons. The largest absolute Gasteiger partial charge is 0.497 e. The Morgan fingerprint density at radius 3 is 1.90 bits per heavy atom. The molecule has 2 N–H and O–H groups in total. The molecule has 1 aromatic carbocycles. The number of alkyl halides is 6. The molecule has 0 unspecified atom stereocenters. The number of hydrogen-bond acceptors (Lipinski definition) is 3. The first kappa shape index (κ1) is 16.6. The van der Waals surface area contributed by atoms with E-state index < -0.39 is 35.7 Å². The Labute approximate surface area is 109 Å². The molecule has 0 aliphatic heterocycles. The summed E-state index contributed by atoms with van der Waals surface area (Å²) in [5.41, 5.74) is -7.29. The molecule has 0 bridgehead atoms. The van der Waals surface area contributed by atoms with Crippen LogP contribution in [0, 0.1) is 0 Å². The molecule has 0 amide bonds. The topological polar surface area (TPSA) is 49.7 Å². The maximum absolute atomic E-state index is 12.7. The van der Waals surface area contributed by atoms with E-state index in [0.29, 0.717) is 6.07 Å². The number of ether oxygens (including phenoxy) is 1. The third-order valence-electron chi connectivity index (χ3n) is 2.69. The summed E-state index contributed by atoms with van der Waals surface area (Å²) in [5, 5.41) is 18.2. The van der Waals surface area contributed by atoms with Crippen molar-refractivity contribution < 1.29 is 41.3 Å². The Morgan fingerprint density at radius 2 is 1.55 bits per heavy atom. The molecule has 0 aliphatic carbocycles. The minimum atomic E-state index is -6.00. The summed E-state index contributed by atoms with van der Waals surface area (Å²) < 4.78 is 80.9. The second kappa shape index (κ2) is 5.13. The maximum Gasteiger partial charge on any atom is 0.430 e. The van der Waals surface area contributed by atoms with E-state index in [-0.39, 0.29) is 5.75 Å². The monoisotopic (exact) mass is 304 g/mol. The normalized spacial score (nSPS) is 13.4. The smallest absolute Gasteiger partial charge is 0.430 e. The van der Waals surface area contributed by atoms with E-state index in [2.05, 4.69) is 4.74 Å². The number of methoxy groups -OCH3 is 1. The summed E-state index contributed by atoms with van der Waals surface area (Å²) in [5.74, 6) is -0.0514. The molecule has 20 heavy (non-hydrogen) atoms. The molecule has 0 fully saturated rings. The number of aliphatic hydroxyl groups excluding tert-OH is 1. The van der Waals surface area contributed by atoms with E-state index >= 15 is 0 Å². The zero-order valence-corrected chi connectivity index (χ0v) is 10.0. The molecular weight excluding hydrogens is 294 g/mol. The molecule has 0 atom stereocenters. The van der Waals surface area contributed by atoms with Crippen LogP contribution in [0.5, 0.6) is 5.75 Å². The van der Waals surface area contributed by atoms with Gasteiger partial charge in [0.15, 0.2) is 0 Å². The van der Waals surface area contributed by atoms with Crippen molar-refractivity contribution in [2.75, 3.05) is 7.11 Å². The lowest BCUT2D eigenvalue weighted by Gasteiger charge is -2.34. The van der Waals surface area contributed by atoms with Crippen LogP contribution in [0.25, 0.3) is 0 Å². The summed E-state index contributed by atoms with van der Waals surface area (Å²) in [4.78, 5) is 0. The van der Waals surface area contributed by atoms with Gasteiger partial charge in [-0.15, -0.1) is 0 Å². The van der Waals surface area contributed by atoms with Crippen molar-refractivity contribution in [3.63, 3.8) is 0 Å². The molecule has 1 aromatic rings. The summed E-state index contributed by atoms with van der Waals surface area (Å²) in [6.07, 6.45) is -12.0. The van der Waals surface area contributed by atoms with Crippen LogP contribution in [0.4, 0.5) is 26.3 Å². The predicted molar refractivity (Wildman–Crippen MR) is 54.9 cm³/mol. The molecule has 0 radical (unpaired) electrons. The van der Waals surface area contributed by atoms with Gasteiger partial charge in [-0.2, -0.15) is 26.3 Å². The molecule has 0 heterocycles. The molecular formula is C11H10F6O3. The summed E-state index contributed by atoms with van der Waals surface area (Å²) in [6, 6.07) is 2.04. The Hall–Kier alpha value is -1.48. The van der Waals surface area contributed by atoms with Gasteiger partial charge in [0, 0.05) is 5.56 Å². The SMILES string of the molecule is COc1ccc(C(O)(C(F)(F)F)C(F)(F)F)c(CO)c1. The van der Waals surface area contributed by atoms with Gasteiger partial charge in [0.1, 0.15) is 5.75 Å². The van der Waals surface area contributed by atoms with Crippen LogP contribution in [-0.4, -0.2) is 29.7 Å². The Kier molecular flexibility index (Phi) is 4.25. The third kappa shape index (κ3) is 2.55. The summed E-state index contributed by atoms with van der Waals surface area (Å²) >= 11 is 0. The Balaban J connectivity index is 3.59. The Morgan fingerprint density at radius 1 is 1.05 bits per heavy atom. The highest BCUT2D eigenvalue weighted by Crippen LogP contribution is 2.51. The zero-order valence-electron chi connectivity index (χ0n) is 10.0. The van der Waals surface area contributed by atoms with Gasteiger partial charge in [-0.3, -0.25) is 0 Å². The van der Waals surface area contributed by atoms with E-state index in [1.165, 1.54) is 0 Å². The number of rotatable bonds is 3. The fourth-order valence-electron chi connectivity index (χ4n) is 1.65. The minimum Gasteiger partial charge on any atom is -0.497 e. The first-order valence-corrected chi connectivity index (χ1v) is 5.13. The van der Waals surface area contributed by atoms with E-state index in [4.69, 9.17) is 5.11 Å². The second-order valence-corrected chi connectivity index (χ2v) is 3.89. The standard InChI is InChI=1S/C11H10F6O3/c1-20-7-2-3-8(6(4-7)5-18)9(19,10(12,13)14)11(15,16)17/h2-4,18-19H,5H2,1H3. The van der Waals surface area contributed by atoms with Gasteiger partial charge in [-0.05, 0) is 17.7 Å². The highest BCUT2D eigenvalue weighted by molar-refractivity contribution is 5.40. The molecule has 1 rings (SSSR count). The van der Waals surface area contributed by atoms with Crippen LogP contribution in [0.15, 0.2) is 18.2 Å². The highest BCUT2D eigenvalue weighted by atomic mass is 19.4. The van der Waals surface area contributed by atoms with E-state index in [1.54, 1.807) is 0 Å². The average molecular weight is 304 g/mol. The van der Waals surface area contributed by atoms with Gasteiger partial charge in [-0.1, -0.05) is 6.07 Å². The molecule has 0 aromatic heterocycles. The van der Waals surface area contributed by atoms with Gasteiger partial charge in [0.2, 0.25) is 0 Å². The number of halogens is 6. The van der Waals surface area contributed by atoms with Crippen LogP contribution in [-0.2, 0) is 12.2 Å². The van der Waals surface area contributed by atoms with Gasteiger partial charge in [0.25, 0.3) is 5.60 Å². The maximum atomic E-state index is 12.7. The van der Waals surface area contributed by atoms with Crippen molar-refractivity contribution >= 4 is 0 Å². The summed E-state index contributed by atoms with van der Waals surface area (Å²) in [6.45, 7) is -1.12. The fraction of sp³-hybridized carbons (Fsp3) is 0.455. The minimum absolute atomic E-state index is 0.0514. The number of hydrogen-bond donors (Lipinski definition) is 2. The second-order valence-electron chi connectivity index (χ2n) is 3.89. The molecule has 0 spiro atoms. The van der Waals surface area contributed by atoms with Crippen molar-refractivity contribution in [3.05, 3.63) is 29.3 Å². The van der Waals surface area contributed by atoms with E-state index in [1.807, 2.05) is 0 Å². The van der Waals surface area contributed by atoms with Crippen LogP contribution in [0.1, 0.15) is 11.1 Å². The van der Waals surface area contributed by atoms with Gasteiger partial charge >= 0.3 is 12.4 Å². The predicted octanol–water partition coefficient (Wildman–Crippen LogP) is 2.50. The molecule has 9 heteroatoms. The highest BCUT2D eigenvalue weighted by Gasteiger charge is 2.71. The van der Waals surface area contributed by atoms with Crippen molar-refractivity contribution in [1.29, 1.82) is 0 Å². The molecule has 0 saturated carbocycles. The van der Waals surface area contributed by atoms with Crippen molar-refractivity contribution in [2.45, 2.75) is 24.6 Å². The quantitative estimate of drug-likeness (QED) is 0.844. The van der Waals surface area contributed by atoms with Crippen LogP contribution in [0.3, 0.4) is 0 Å². The lowest BCUT2D eigenvalue weighted by Crippen LogP contribution is -2.54. The van der Waals surface area contributed by atoms with Crippen LogP contribution in [0.2, 0.25) is 0 Å². The van der Waals surface area contributed by atoms with Crippen LogP contribution >= 0.6 is 0 Å². The van der Waals surface area contributed by atoms with Crippen molar-refractivity contribution in [3.8, 4) is 5.75 Å². The Bertz CT molecular complexity index is 466. The molecule has 3 nitrogen and oxygen atoms in total. The number of benzene rings is 1. The third-order valence-corrected chi connectivity index (χ3v) is 2.69. The van der Waals surface area contributed by atoms with E-state index in [9.17, 15) is 31.4 Å². The first-order chi connectivity index (χ1) is 8.99. The average Bonchev–Trinajstić information content (AvgIpc) is 2.34. The van der Waals surface area contributed by atoms with E-state index in [0.717, 1.165) is 19.2 Å². The van der Waals surface area contributed by atoms with Gasteiger partial charge in [-0.25, -0.2) is 0 Å². The van der Waals surface area contributed by atoms with Crippen LogP contribution < -0.4 is 4.74 Å². The summed E-state index contributed by atoms with van der Waals surface area (Å²) in [7, 11) is 1.15. The number of aliphatic hydroxyl groups is 2. The van der Waals surface area contributed by atoms with Crippen molar-refractivity contribution in [1.82, 2.24) is 0 Å². The van der Waals surface area contributed by atoms with Gasteiger partial charge < -0.3 is 14.9 Å². The fourth-order valence-corrected chi connectivity index (χ4v) is 1.65. The lowest BCUT2D eigenvalue weighted by molar-refractivity contribution is -0.376. The van der Waals surface area contributed by atoms with Crippen molar-refractivity contribution in [2.24, 2.45) is 0 Å². The zero-order chi connectivity index (χ0) is 15.8. The lowest BCUT2D eigenvalue weighted by atomic mass is 9.88. The molecule has 0 aliphatic rings. The van der Waals surface area contributed by atoms with Gasteiger partial charge in [0.05, 0.1) is 13.7 Å². The molecule has 0 saturated heterocycles. The first-order valence-electron chi connectivity index (χ1n) is 5.13.